The van der Waals surface area contributed by atoms with E-state index in [9.17, 15) is 4.79 Å². The summed E-state index contributed by atoms with van der Waals surface area (Å²) in [6, 6.07) is 16.4. The molecule has 4 nitrogen and oxygen atoms in total. The van der Waals surface area contributed by atoms with Crippen molar-refractivity contribution < 1.29 is 9.53 Å². The van der Waals surface area contributed by atoms with Crippen molar-refractivity contribution in [1.82, 2.24) is 5.43 Å². The molecule has 2 aromatic rings. The van der Waals surface area contributed by atoms with Crippen LogP contribution in [0.25, 0.3) is 0 Å². The van der Waals surface area contributed by atoms with Gasteiger partial charge in [-0.2, -0.15) is 5.10 Å². The molecule has 0 unspecified atom stereocenters. The molecule has 0 fully saturated rings. The minimum atomic E-state index is -0.328. The Morgan fingerprint density at radius 1 is 1.14 bits per heavy atom. The van der Waals surface area contributed by atoms with Gasteiger partial charge in [-0.1, -0.05) is 48.0 Å². The molecule has 0 aliphatic carbocycles. The number of hydrogen-bond donors (Lipinski definition) is 1. The number of benzene rings is 2. The molecule has 0 aliphatic rings. The summed E-state index contributed by atoms with van der Waals surface area (Å²) in [4.78, 5) is 11.7. The Kier molecular flexibility index (Phi) is 5.35. The fourth-order valence-corrected chi connectivity index (χ4v) is 1.93. The van der Waals surface area contributed by atoms with Gasteiger partial charge >= 0.3 is 0 Å². The average Bonchev–Trinajstić information content (AvgIpc) is 2.52. The number of carbonyl (C=O) groups excluding carboxylic acids is 1. The second-order valence-electron chi connectivity index (χ2n) is 4.31. The third-order valence-corrected chi connectivity index (χ3v) is 3.05. The predicted molar refractivity (Wildman–Crippen MR) is 83.7 cm³/mol. The molecule has 0 saturated heterocycles. The molecule has 108 valence electrons. The quantitative estimate of drug-likeness (QED) is 0.681. The van der Waals surface area contributed by atoms with Crippen LogP contribution < -0.4 is 10.2 Å². The van der Waals surface area contributed by atoms with Gasteiger partial charge in [-0.15, -0.1) is 0 Å². The summed E-state index contributed by atoms with van der Waals surface area (Å²) in [5, 5.41) is 4.61. The first kappa shape index (κ1) is 15.1. The van der Waals surface area contributed by atoms with Crippen molar-refractivity contribution in [2.75, 3.05) is 6.61 Å². The van der Waals surface area contributed by atoms with E-state index in [4.69, 9.17) is 16.3 Å². The summed E-state index contributed by atoms with van der Waals surface area (Å²) in [5.74, 6) is 0.310. The molecule has 1 N–H and O–H groups in total. The highest BCUT2D eigenvalue weighted by Gasteiger charge is 2.05. The van der Waals surface area contributed by atoms with Crippen LogP contribution in [0.5, 0.6) is 5.75 Å². The second kappa shape index (κ2) is 7.45. The number of rotatable bonds is 5. The normalized spacial score (nSPS) is 11.0. The molecule has 0 bridgehead atoms. The number of carbonyl (C=O) groups is 1. The lowest BCUT2D eigenvalue weighted by atomic mass is 10.1. The van der Waals surface area contributed by atoms with Gasteiger partial charge in [0.1, 0.15) is 5.75 Å². The first-order valence-electron chi connectivity index (χ1n) is 6.42. The fourth-order valence-electron chi connectivity index (χ4n) is 1.66. The average molecular weight is 303 g/mol. The van der Waals surface area contributed by atoms with E-state index in [0.29, 0.717) is 16.5 Å². The number of hydrazone groups is 1. The Morgan fingerprint density at radius 2 is 1.81 bits per heavy atom. The molecule has 2 rings (SSSR count). The van der Waals surface area contributed by atoms with Gasteiger partial charge in [-0.05, 0) is 25.1 Å². The van der Waals surface area contributed by atoms with Crippen LogP contribution in [-0.2, 0) is 4.79 Å². The summed E-state index contributed by atoms with van der Waals surface area (Å²) in [5.41, 5.74) is 3.86. The minimum absolute atomic E-state index is 0.0939. The standard InChI is InChI=1S/C16H15ClN2O2/c1-12(14-9-5-6-10-15(14)17)18-19-16(20)11-21-13-7-3-2-4-8-13/h2-10H,11H2,1H3,(H,19,20). The van der Waals surface area contributed by atoms with Crippen LogP contribution in [0.3, 0.4) is 0 Å². The summed E-state index contributed by atoms with van der Waals surface area (Å²) in [7, 11) is 0. The third-order valence-electron chi connectivity index (χ3n) is 2.73. The second-order valence-corrected chi connectivity index (χ2v) is 4.72. The first-order valence-corrected chi connectivity index (χ1v) is 6.80. The lowest BCUT2D eigenvalue weighted by molar-refractivity contribution is -0.123. The third kappa shape index (κ3) is 4.61. The van der Waals surface area contributed by atoms with Crippen molar-refractivity contribution in [3.8, 4) is 5.75 Å². The molecule has 2 aromatic carbocycles. The van der Waals surface area contributed by atoms with Crippen molar-refractivity contribution in [3.05, 3.63) is 65.2 Å². The molecule has 0 aromatic heterocycles. The highest BCUT2D eigenvalue weighted by molar-refractivity contribution is 6.34. The van der Waals surface area contributed by atoms with Crippen LogP contribution in [0.4, 0.5) is 0 Å². The summed E-state index contributed by atoms with van der Waals surface area (Å²) in [6.07, 6.45) is 0. The van der Waals surface area contributed by atoms with E-state index in [-0.39, 0.29) is 12.5 Å². The topological polar surface area (TPSA) is 50.7 Å². The maximum absolute atomic E-state index is 11.7. The molecule has 0 heterocycles. The van der Waals surface area contributed by atoms with Gasteiger partial charge in [0.2, 0.25) is 0 Å². The van der Waals surface area contributed by atoms with Gasteiger partial charge in [-0.3, -0.25) is 4.79 Å². The van der Waals surface area contributed by atoms with E-state index < -0.39 is 0 Å². The van der Waals surface area contributed by atoms with Crippen molar-refractivity contribution in [2.24, 2.45) is 5.10 Å². The maximum Gasteiger partial charge on any atom is 0.277 e. The van der Waals surface area contributed by atoms with Crippen LogP contribution in [0.2, 0.25) is 5.02 Å². The summed E-state index contributed by atoms with van der Waals surface area (Å²) in [6.45, 7) is 1.68. The number of ether oxygens (including phenoxy) is 1. The van der Waals surface area contributed by atoms with Gasteiger partial charge in [0.25, 0.3) is 5.91 Å². The van der Waals surface area contributed by atoms with Gasteiger partial charge in [-0.25, -0.2) is 5.43 Å². The van der Waals surface area contributed by atoms with Gasteiger partial charge in [0.15, 0.2) is 6.61 Å². The van der Waals surface area contributed by atoms with E-state index in [0.717, 1.165) is 5.56 Å². The van der Waals surface area contributed by atoms with Crippen LogP contribution in [0.1, 0.15) is 12.5 Å². The van der Waals surface area contributed by atoms with E-state index in [2.05, 4.69) is 10.5 Å². The molecule has 0 aliphatic heterocycles. The lowest BCUT2D eigenvalue weighted by Crippen LogP contribution is -2.25. The van der Waals surface area contributed by atoms with E-state index >= 15 is 0 Å². The number of halogens is 1. The van der Waals surface area contributed by atoms with Gasteiger partial charge in [0.05, 0.1) is 5.71 Å². The molecule has 5 heteroatoms. The first-order chi connectivity index (χ1) is 10.2. The Balaban J connectivity index is 1.88. The molecule has 0 atom stereocenters. The summed E-state index contributed by atoms with van der Waals surface area (Å²) < 4.78 is 5.32. The molecule has 0 radical (unpaired) electrons. The predicted octanol–water partition coefficient (Wildman–Crippen LogP) is 3.26. The van der Waals surface area contributed by atoms with Crippen molar-refractivity contribution >= 4 is 23.2 Å². The largest absolute Gasteiger partial charge is 0.484 e. The number of amides is 1. The molecule has 0 spiro atoms. The number of nitrogens with one attached hydrogen (secondary N) is 1. The Hall–Kier alpha value is -2.33. The Labute approximate surface area is 128 Å². The van der Waals surface area contributed by atoms with Crippen LogP contribution >= 0.6 is 11.6 Å². The van der Waals surface area contributed by atoms with Gasteiger partial charge < -0.3 is 4.74 Å². The van der Waals surface area contributed by atoms with E-state index in [1.54, 1.807) is 25.1 Å². The van der Waals surface area contributed by atoms with Crippen LogP contribution in [0.15, 0.2) is 59.7 Å². The van der Waals surface area contributed by atoms with Crippen molar-refractivity contribution in [1.29, 1.82) is 0 Å². The maximum atomic E-state index is 11.7. The fraction of sp³-hybridized carbons (Fsp3) is 0.125. The van der Waals surface area contributed by atoms with E-state index in [1.807, 2.05) is 36.4 Å². The van der Waals surface area contributed by atoms with Gasteiger partial charge in [0, 0.05) is 10.6 Å². The SMILES string of the molecule is CC(=NNC(=O)COc1ccccc1)c1ccccc1Cl. The number of nitrogens with zero attached hydrogens (tertiary/aromatic N) is 1. The zero-order chi connectivity index (χ0) is 15.1. The molecular weight excluding hydrogens is 288 g/mol. The molecule has 21 heavy (non-hydrogen) atoms. The zero-order valence-corrected chi connectivity index (χ0v) is 12.3. The highest BCUT2D eigenvalue weighted by atomic mass is 35.5. The van der Waals surface area contributed by atoms with E-state index in [1.165, 1.54) is 0 Å². The molecule has 0 saturated carbocycles. The monoisotopic (exact) mass is 302 g/mol. The summed E-state index contributed by atoms with van der Waals surface area (Å²) >= 11 is 6.06. The molecule has 1 amide bonds. The number of para-hydroxylation sites is 1. The smallest absolute Gasteiger partial charge is 0.277 e. The Bertz CT molecular complexity index is 642. The number of hydrogen-bond acceptors (Lipinski definition) is 3. The lowest BCUT2D eigenvalue weighted by Gasteiger charge is -2.06. The van der Waals surface area contributed by atoms with Crippen LogP contribution in [0, 0.1) is 0 Å². The van der Waals surface area contributed by atoms with Crippen molar-refractivity contribution in [2.45, 2.75) is 6.92 Å². The molecular formula is C16H15ClN2O2. The van der Waals surface area contributed by atoms with Crippen LogP contribution in [-0.4, -0.2) is 18.2 Å². The Morgan fingerprint density at radius 3 is 2.52 bits per heavy atom. The minimum Gasteiger partial charge on any atom is -0.484 e. The highest BCUT2D eigenvalue weighted by Crippen LogP contribution is 2.15. The van der Waals surface area contributed by atoms with Crippen molar-refractivity contribution in [3.63, 3.8) is 0 Å². The zero-order valence-electron chi connectivity index (χ0n) is 11.5.